The highest BCUT2D eigenvalue weighted by atomic mass is 16.3. The molecule has 1 aromatic heterocycles. The summed E-state index contributed by atoms with van der Waals surface area (Å²) in [7, 11) is 0. The zero-order valence-electron chi connectivity index (χ0n) is 9.60. The molecule has 3 N–H and O–H groups in total. The molecule has 2 rings (SSSR count). The second kappa shape index (κ2) is 4.97. The predicted molar refractivity (Wildman–Crippen MR) is 64.7 cm³/mol. The highest BCUT2D eigenvalue weighted by Gasteiger charge is 2.06. The van der Waals surface area contributed by atoms with E-state index in [0.29, 0.717) is 18.5 Å². The van der Waals surface area contributed by atoms with Gasteiger partial charge in [0.05, 0.1) is 17.8 Å². The van der Waals surface area contributed by atoms with Crippen molar-refractivity contribution in [2.75, 3.05) is 6.54 Å². The summed E-state index contributed by atoms with van der Waals surface area (Å²) in [4.78, 5) is 11.8. The fourth-order valence-corrected chi connectivity index (χ4v) is 1.58. The number of aromatic nitrogens is 2. The Bertz CT molecular complexity index is 519. The average molecular weight is 233 g/mol. The number of carbonyl (C=O) groups excluding carboxylic acids is 1. The van der Waals surface area contributed by atoms with E-state index in [2.05, 4.69) is 15.5 Å². The number of amides is 1. The zero-order valence-corrected chi connectivity index (χ0v) is 9.60. The molecule has 0 aliphatic carbocycles. The molecule has 0 radical (unpaired) electrons. The van der Waals surface area contributed by atoms with Gasteiger partial charge in [0.2, 0.25) is 0 Å². The third-order valence-corrected chi connectivity index (χ3v) is 2.55. The second-order valence-electron chi connectivity index (χ2n) is 4.07. The minimum absolute atomic E-state index is 0.131. The van der Waals surface area contributed by atoms with Crippen molar-refractivity contribution >= 4 is 16.8 Å². The molecule has 0 aliphatic rings. The SMILES string of the molecule is CC(O)CCNC(=O)c1ccc2[nH]ncc2c1. The number of aliphatic hydroxyl groups is 1. The van der Waals surface area contributed by atoms with Crippen molar-refractivity contribution in [2.24, 2.45) is 0 Å². The number of benzene rings is 1. The van der Waals surface area contributed by atoms with Gasteiger partial charge in [0.15, 0.2) is 0 Å². The van der Waals surface area contributed by atoms with Crippen LogP contribution in [-0.4, -0.2) is 33.9 Å². The third-order valence-electron chi connectivity index (χ3n) is 2.55. The molecule has 1 aromatic carbocycles. The number of hydrogen-bond donors (Lipinski definition) is 3. The van der Waals surface area contributed by atoms with Crippen molar-refractivity contribution in [3.05, 3.63) is 30.0 Å². The van der Waals surface area contributed by atoms with E-state index in [1.54, 1.807) is 25.3 Å². The van der Waals surface area contributed by atoms with Crippen LogP contribution in [0.4, 0.5) is 0 Å². The summed E-state index contributed by atoms with van der Waals surface area (Å²) >= 11 is 0. The highest BCUT2D eigenvalue weighted by Crippen LogP contribution is 2.12. The average Bonchev–Trinajstić information content (AvgIpc) is 2.75. The first kappa shape index (κ1) is 11.6. The maximum atomic E-state index is 11.8. The minimum Gasteiger partial charge on any atom is -0.393 e. The summed E-state index contributed by atoms with van der Waals surface area (Å²) < 4.78 is 0. The first-order chi connectivity index (χ1) is 8.16. The molecule has 0 aliphatic heterocycles. The van der Waals surface area contributed by atoms with Gasteiger partial charge in [-0.3, -0.25) is 9.89 Å². The Hall–Kier alpha value is -1.88. The van der Waals surface area contributed by atoms with Crippen molar-refractivity contribution in [2.45, 2.75) is 19.4 Å². The van der Waals surface area contributed by atoms with E-state index < -0.39 is 6.10 Å². The Morgan fingerprint density at radius 2 is 2.41 bits per heavy atom. The van der Waals surface area contributed by atoms with E-state index in [-0.39, 0.29) is 5.91 Å². The Labute approximate surface area is 98.8 Å². The molecular weight excluding hydrogens is 218 g/mol. The van der Waals surface area contributed by atoms with Gasteiger partial charge in [-0.15, -0.1) is 0 Å². The highest BCUT2D eigenvalue weighted by molar-refractivity contribution is 5.97. The van der Waals surface area contributed by atoms with E-state index in [1.807, 2.05) is 6.07 Å². The molecule has 1 atom stereocenters. The van der Waals surface area contributed by atoms with Gasteiger partial charge in [0, 0.05) is 17.5 Å². The lowest BCUT2D eigenvalue weighted by Crippen LogP contribution is -2.26. The molecule has 2 aromatic rings. The van der Waals surface area contributed by atoms with Crippen molar-refractivity contribution in [1.29, 1.82) is 0 Å². The molecule has 1 heterocycles. The molecule has 5 nitrogen and oxygen atoms in total. The van der Waals surface area contributed by atoms with E-state index in [1.165, 1.54) is 0 Å². The maximum Gasteiger partial charge on any atom is 0.251 e. The van der Waals surface area contributed by atoms with Crippen LogP contribution in [0.25, 0.3) is 10.9 Å². The van der Waals surface area contributed by atoms with Crippen LogP contribution in [0.3, 0.4) is 0 Å². The number of fused-ring (bicyclic) bond motifs is 1. The molecule has 0 spiro atoms. The molecule has 1 amide bonds. The normalized spacial score (nSPS) is 12.6. The summed E-state index contributed by atoms with van der Waals surface area (Å²) in [6.07, 6.45) is 1.84. The first-order valence-corrected chi connectivity index (χ1v) is 5.56. The van der Waals surface area contributed by atoms with Gasteiger partial charge < -0.3 is 10.4 Å². The number of carbonyl (C=O) groups is 1. The molecular formula is C12H15N3O2. The Morgan fingerprint density at radius 1 is 1.59 bits per heavy atom. The summed E-state index contributed by atoms with van der Waals surface area (Å²) in [5.74, 6) is -0.131. The number of hydrogen-bond acceptors (Lipinski definition) is 3. The van der Waals surface area contributed by atoms with Gasteiger partial charge in [-0.25, -0.2) is 0 Å². The van der Waals surface area contributed by atoms with Crippen molar-refractivity contribution < 1.29 is 9.90 Å². The minimum atomic E-state index is -0.397. The summed E-state index contributed by atoms with van der Waals surface area (Å²) in [6.45, 7) is 2.17. The van der Waals surface area contributed by atoms with Crippen LogP contribution >= 0.6 is 0 Å². The number of nitrogens with one attached hydrogen (secondary N) is 2. The monoisotopic (exact) mass is 233 g/mol. The fourth-order valence-electron chi connectivity index (χ4n) is 1.58. The molecule has 1 unspecified atom stereocenters. The van der Waals surface area contributed by atoms with Crippen molar-refractivity contribution in [3.63, 3.8) is 0 Å². The summed E-state index contributed by atoms with van der Waals surface area (Å²) in [6, 6.07) is 5.36. The number of nitrogens with zero attached hydrogens (tertiary/aromatic N) is 1. The lowest BCUT2D eigenvalue weighted by molar-refractivity contribution is 0.0945. The van der Waals surface area contributed by atoms with Crippen LogP contribution in [0, 0.1) is 0 Å². The summed E-state index contributed by atoms with van der Waals surface area (Å²) in [5.41, 5.74) is 1.51. The van der Waals surface area contributed by atoms with Crippen LogP contribution < -0.4 is 5.32 Å². The van der Waals surface area contributed by atoms with E-state index in [9.17, 15) is 4.79 Å². The van der Waals surface area contributed by atoms with E-state index in [0.717, 1.165) is 10.9 Å². The van der Waals surface area contributed by atoms with Gasteiger partial charge >= 0.3 is 0 Å². The van der Waals surface area contributed by atoms with Crippen LogP contribution in [0.1, 0.15) is 23.7 Å². The van der Waals surface area contributed by atoms with Crippen molar-refractivity contribution in [1.82, 2.24) is 15.5 Å². The molecule has 17 heavy (non-hydrogen) atoms. The lowest BCUT2D eigenvalue weighted by atomic mass is 10.1. The van der Waals surface area contributed by atoms with Gasteiger partial charge in [0.1, 0.15) is 0 Å². The van der Waals surface area contributed by atoms with Gasteiger partial charge in [-0.2, -0.15) is 5.10 Å². The van der Waals surface area contributed by atoms with Crippen LogP contribution in [0.5, 0.6) is 0 Å². The molecule has 0 saturated heterocycles. The molecule has 0 bridgehead atoms. The maximum absolute atomic E-state index is 11.8. The summed E-state index contributed by atoms with van der Waals surface area (Å²) in [5, 5.41) is 19.5. The molecule has 90 valence electrons. The number of aromatic amines is 1. The van der Waals surface area contributed by atoms with Crippen LogP contribution in [-0.2, 0) is 0 Å². The van der Waals surface area contributed by atoms with Crippen molar-refractivity contribution in [3.8, 4) is 0 Å². The Kier molecular flexibility index (Phi) is 3.39. The van der Waals surface area contributed by atoms with Gasteiger partial charge in [-0.05, 0) is 31.5 Å². The number of H-pyrrole nitrogens is 1. The smallest absolute Gasteiger partial charge is 0.251 e. The largest absolute Gasteiger partial charge is 0.393 e. The van der Waals surface area contributed by atoms with Gasteiger partial charge in [-0.1, -0.05) is 0 Å². The quantitative estimate of drug-likeness (QED) is 0.739. The zero-order chi connectivity index (χ0) is 12.3. The lowest BCUT2D eigenvalue weighted by Gasteiger charge is -2.06. The Balaban J connectivity index is 2.03. The fraction of sp³-hybridized carbons (Fsp3) is 0.333. The predicted octanol–water partition coefficient (Wildman–Crippen LogP) is 1.06. The topological polar surface area (TPSA) is 78.0 Å². The third kappa shape index (κ3) is 2.82. The molecule has 0 fully saturated rings. The molecule has 5 heteroatoms. The second-order valence-corrected chi connectivity index (χ2v) is 4.07. The Morgan fingerprint density at radius 3 is 3.18 bits per heavy atom. The van der Waals surface area contributed by atoms with E-state index in [4.69, 9.17) is 5.11 Å². The standard InChI is InChI=1S/C12H15N3O2/c1-8(16)4-5-13-12(17)9-2-3-11-10(6-9)7-14-15-11/h2-3,6-8,16H,4-5H2,1H3,(H,13,17)(H,14,15). The van der Waals surface area contributed by atoms with Crippen LogP contribution in [0.15, 0.2) is 24.4 Å². The first-order valence-electron chi connectivity index (χ1n) is 5.56. The van der Waals surface area contributed by atoms with Crippen LogP contribution in [0.2, 0.25) is 0 Å². The number of aliphatic hydroxyl groups excluding tert-OH is 1. The molecule has 0 saturated carbocycles. The van der Waals surface area contributed by atoms with Gasteiger partial charge in [0.25, 0.3) is 5.91 Å². The van der Waals surface area contributed by atoms with E-state index >= 15 is 0 Å². The number of rotatable bonds is 4.